The summed E-state index contributed by atoms with van der Waals surface area (Å²) in [7, 11) is 0. The first-order valence-electron chi connectivity index (χ1n) is 11.1. The third kappa shape index (κ3) is 5.59. The number of rotatable bonds is 8. The van der Waals surface area contributed by atoms with E-state index in [1.807, 2.05) is 12.1 Å². The molecule has 0 heterocycles. The Labute approximate surface area is 179 Å². The van der Waals surface area contributed by atoms with Crippen molar-refractivity contribution < 1.29 is 9.90 Å². The molecule has 2 aromatic carbocycles. The lowest BCUT2D eigenvalue weighted by Crippen LogP contribution is -2.40. The summed E-state index contributed by atoms with van der Waals surface area (Å²) >= 11 is 0. The molecule has 0 amide bonds. The van der Waals surface area contributed by atoms with Crippen molar-refractivity contribution in [3.63, 3.8) is 0 Å². The summed E-state index contributed by atoms with van der Waals surface area (Å²) in [4.78, 5) is 10.9. The first-order chi connectivity index (χ1) is 14.6. The molecule has 0 aliphatic heterocycles. The van der Waals surface area contributed by atoms with Crippen LogP contribution in [0.4, 0.5) is 0 Å². The maximum absolute atomic E-state index is 10.9. The van der Waals surface area contributed by atoms with Crippen LogP contribution in [0.1, 0.15) is 60.5 Å². The van der Waals surface area contributed by atoms with Gasteiger partial charge in [0.15, 0.2) is 0 Å². The van der Waals surface area contributed by atoms with Gasteiger partial charge in [-0.25, -0.2) is 4.79 Å². The molecule has 30 heavy (non-hydrogen) atoms. The van der Waals surface area contributed by atoms with Gasteiger partial charge in [-0.15, -0.1) is 0 Å². The fourth-order valence-electron chi connectivity index (χ4n) is 4.60. The monoisotopic (exact) mass is 404 g/mol. The normalized spacial score (nSPS) is 26.4. The molecule has 0 aromatic heterocycles. The predicted molar refractivity (Wildman–Crippen MR) is 121 cm³/mol. The number of aromatic carboxylic acids is 1. The summed E-state index contributed by atoms with van der Waals surface area (Å²) in [5, 5.41) is 16.5. The zero-order chi connectivity index (χ0) is 20.9. The molecule has 1 unspecified atom stereocenters. The van der Waals surface area contributed by atoms with Crippen LogP contribution in [-0.2, 0) is 6.54 Å². The van der Waals surface area contributed by atoms with Gasteiger partial charge in [-0.1, -0.05) is 54.1 Å². The van der Waals surface area contributed by atoms with Crippen molar-refractivity contribution >= 4 is 12.0 Å². The molecule has 0 spiro atoms. The van der Waals surface area contributed by atoms with Crippen LogP contribution in [-0.4, -0.2) is 29.2 Å². The molecule has 4 nitrogen and oxygen atoms in total. The van der Waals surface area contributed by atoms with Crippen molar-refractivity contribution in [3.05, 3.63) is 76.9 Å². The molecule has 0 bridgehead atoms. The Morgan fingerprint density at radius 2 is 1.67 bits per heavy atom. The van der Waals surface area contributed by atoms with Crippen LogP contribution in [0.15, 0.2) is 60.2 Å². The summed E-state index contributed by atoms with van der Waals surface area (Å²) < 4.78 is 0. The first kappa shape index (κ1) is 20.8. The number of carboxylic acid groups (broad SMARTS) is 1. The summed E-state index contributed by atoms with van der Waals surface area (Å²) in [6.07, 6.45) is 8.43. The fraction of sp³-hybridized carbons (Fsp3) is 0.423. The van der Waals surface area contributed by atoms with Crippen LogP contribution in [0.3, 0.4) is 0 Å². The zero-order valence-corrected chi connectivity index (χ0v) is 17.7. The molecule has 4 heteroatoms. The van der Waals surface area contributed by atoms with E-state index in [-0.39, 0.29) is 0 Å². The van der Waals surface area contributed by atoms with Crippen molar-refractivity contribution in [3.8, 4) is 0 Å². The largest absolute Gasteiger partial charge is 0.478 e. The van der Waals surface area contributed by atoms with E-state index in [0.29, 0.717) is 29.6 Å². The Hall–Kier alpha value is -2.43. The van der Waals surface area contributed by atoms with Crippen molar-refractivity contribution in [1.82, 2.24) is 10.6 Å². The highest BCUT2D eigenvalue weighted by Crippen LogP contribution is 2.39. The number of benzene rings is 2. The minimum atomic E-state index is -0.871. The molecule has 2 aromatic rings. The number of carboxylic acids is 1. The maximum Gasteiger partial charge on any atom is 0.335 e. The van der Waals surface area contributed by atoms with Crippen molar-refractivity contribution in [2.45, 2.75) is 63.7 Å². The second-order valence-corrected chi connectivity index (χ2v) is 8.85. The highest BCUT2D eigenvalue weighted by Gasteiger charge is 2.39. The van der Waals surface area contributed by atoms with Crippen molar-refractivity contribution in [2.75, 3.05) is 0 Å². The lowest BCUT2D eigenvalue weighted by molar-refractivity contribution is 0.0697. The maximum atomic E-state index is 10.9. The predicted octanol–water partition coefficient (Wildman–Crippen LogP) is 4.87. The van der Waals surface area contributed by atoms with Gasteiger partial charge in [0.2, 0.25) is 0 Å². The Bertz CT molecular complexity index is 868. The van der Waals surface area contributed by atoms with E-state index in [4.69, 9.17) is 5.11 Å². The van der Waals surface area contributed by atoms with E-state index in [9.17, 15) is 4.79 Å². The highest BCUT2D eigenvalue weighted by atomic mass is 16.4. The average Bonchev–Trinajstić information content (AvgIpc) is 3.53. The van der Waals surface area contributed by atoms with Crippen LogP contribution in [0.25, 0.3) is 6.08 Å². The smallest absolute Gasteiger partial charge is 0.335 e. The van der Waals surface area contributed by atoms with E-state index < -0.39 is 5.97 Å². The Balaban J connectivity index is 1.17. The Morgan fingerprint density at radius 1 is 1.00 bits per heavy atom. The van der Waals surface area contributed by atoms with E-state index >= 15 is 0 Å². The van der Waals surface area contributed by atoms with Crippen LogP contribution in [0.2, 0.25) is 0 Å². The van der Waals surface area contributed by atoms with E-state index in [0.717, 1.165) is 12.1 Å². The van der Waals surface area contributed by atoms with E-state index in [1.54, 1.807) is 12.1 Å². The molecule has 2 fully saturated rings. The van der Waals surface area contributed by atoms with E-state index in [1.165, 1.54) is 43.2 Å². The third-order valence-electron chi connectivity index (χ3n) is 6.54. The zero-order valence-electron chi connectivity index (χ0n) is 17.7. The topological polar surface area (TPSA) is 61.4 Å². The number of carbonyl (C=O) groups is 1. The SMILES string of the molecule is C/C(=C\c1ccccc1)[C@@H]1CC1NC1CCC(NCc2ccc(C(=O)O)cc2)CC1. The number of nitrogens with one attached hydrogen (secondary N) is 2. The summed E-state index contributed by atoms with van der Waals surface area (Å²) in [6, 6.07) is 19.6. The first-order valence-corrected chi connectivity index (χ1v) is 11.1. The van der Waals surface area contributed by atoms with E-state index in [2.05, 4.69) is 54.0 Å². The molecule has 2 aliphatic carbocycles. The van der Waals surface area contributed by atoms with Gasteiger partial charge in [0.25, 0.3) is 0 Å². The van der Waals surface area contributed by atoms with Gasteiger partial charge in [-0.05, 0) is 68.2 Å². The molecule has 2 atom stereocenters. The van der Waals surface area contributed by atoms with Crippen LogP contribution in [0, 0.1) is 5.92 Å². The molecule has 2 saturated carbocycles. The quantitative estimate of drug-likeness (QED) is 0.588. The average molecular weight is 405 g/mol. The molecule has 158 valence electrons. The Kier molecular flexibility index (Phi) is 6.66. The van der Waals surface area contributed by atoms with Gasteiger partial charge in [-0.3, -0.25) is 0 Å². The second-order valence-electron chi connectivity index (χ2n) is 8.85. The van der Waals surface area contributed by atoms with Crippen molar-refractivity contribution in [1.29, 1.82) is 0 Å². The molecule has 4 rings (SSSR count). The fourth-order valence-corrected chi connectivity index (χ4v) is 4.60. The molecule has 3 N–H and O–H groups in total. The van der Waals surface area contributed by atoms with Gasteiger partial charge < -0.3 is 15.7 Å². The summed E-state index contributed by atoms with van der Waals surface area (Å²) in [5.41, 5.74) is 4.27. The van der Waals surface area contributed by atoms with Crippen LogP contribution < -0.4 is 10.6 Å². The molecule has 0 radical (unpaired) electrons. The third-order valence-corrected chi connectivity index (χ3v) is 6.54. The van der Waals surface area contributed by atoms with Gasteiger partial charge in [0, 0.05) is 24.7 Å². The summed E-state index contributed by atoms with van der Waals surface area (Å²) in [6.45, 7) is 3.07. The number of hydrogen-bond acceptors (Lipinski definition) is 3. The number of hydrogen-bond donors (Lipinski definition) is 3. The van der Waals surface area contributed by atoms with Gasteiger partial charge in [-0.2, -0.15) is 0 Å². The van der Waals surface area contributed by atoms with Crippen LogP contribution >= 0.6 is 0 Å². The van der Waals surface area contributed by atoms with Gasteiger partial charge in [0.05, 0.1) is 5.56 Å². The standard InChI is InChI=1S/C26H32N2O2/c1-18(15-19-5-3-2-4-6-19)24-16-25(24)28-23-13-11-22(12-14-23)27-17-20-7-9-21(10-8-20)26(29)30/h2-10,15,22-25,27-28H,11-14,16-17H2,1H3,(H,29,30)/b18-15+/t22?,23?,24-,25?/m0/s1. The van der Waals surface area contributed by atoms with Crippen molar-refractivity contribution in [2.24, 2.45) is 5.92 Å². The van der Waals surface area contributed by atoms with Crippen LogP contribution in [0.5, 0.6) is 0 Å². The molecular formula is C26H32N2O2. The minimum Gasteiger partial charge on any atom is -0.478 e. The molecular weight excluding hydrogens is 372 g/mol. The minimum absolute atomic E-state index is 0.345. The highest BCUT2D eigenvalue weighted by molar-refractivity contribution is 5.87. The lowest BCUT2D eigenvalue weighted by atomic mass is 9.91. The van der Waals surface area contributed by atoms with Gasteiger partial charge in [0.1, 0.15) is 0 Å². The second kappa shape index (κ2) is 9.59. The van der Waals surface area contributed by atoms with Gasteiger partial charge >= 0.3 is 5.97 Å². The molecule has 2 aliphatic rings. The summed E-state index contributed by atoms with van der Waals surface area (Å²) in [5.74, 6) is -0.182. The molecule has 0 saturated heterocycles. The Morgan fingerprint density at radius 3 is 2.33 bits per heavy atom. The lowest BCUT2D eigenvalue weighted by Gasteiger charge is -2.30.